The molecule has 1 saturated carbocycles. The van der Waals surface area contributed by atoms with Crippen molar-refractivity contribution < 1.29 is 27.7 Å². The fourth-order valence-electron chi connectivity index (χ4n) is 5.57. The first-order valence-corrected chi connectivity index (χ1v) is 17.5. The predicted octanol–water partition coefficient (Wildman–Crippen LogP) is 6.93. The summed E-state index contributed by atoms with van der Waals surface area (Å²) in [6.07, 6.45) is 3.85. The van der Waals surface area contributed by atoms with Gasteiger partial charge in [0.1, 0.15) is 18.3 Å². The van der Waals surface area contributed by atoms with E-state index in [0.717, 1.165) is 36.1 Å². The van der Waals surface area contributed by atoms with E-state index in [9.17, 15) is 28.1 Å². The molecule has 0 spiro atoms. The van der Waals surface area contributed by atoms with Crippen LogP contribution < -0.4 is 14.4 Å². The number of carbonyl (C=O) groups excluding carboxylic acids is 2. The standard InChI is InChI=1S/C32H35Cl3N4O7S/c1-4-27(32(41)36-23-7-5-6-8-23)37(18-21-10-13-25(34)26(35)15-21)31(40)19-38(29-16-22(33)11-14-30(29)46-3)47(44,45)24-12-9-20(2)28(17-24)39(42)43/h9-17,23,27H,4-8,18-19H2,1-3H3,(H,36,41). The Morgan fingerprint density at radius 2 is 1.74 bits per heavy atom. The lowest BCUT2D eigenvalue weighted by Crippen LogP contribution is -2.53. The van der Waals surface area contributed by atoms with Crippen LogP contribution in [-0.4, -0.2) is 55.8 Å². The molecule has 0 aliphatic heterocycles. The molecule has 0 saturated heterocycles. The van der Waals surface area contributed by atoms with Crippen molar-refractivity contribution >= 4 is 68.0 Å². The molecule has 0 aromatic heterocycles. The number of sulfonamides is 1. The van der Waals surface area contributed by atoms with Crippen molar-refractivity contribution in [3.63, 3.8) is 0 Å². The highest BCUT2D eigenvalue weighted by Gasteiger charge is 2.36. The van der Waals surface area contributed by atoms with Crippen LogP contribution >= 0.6 is 34.8 Å². The van der Waals surface area contributed by atoms with Crippen LogP contribution in [0.2, 0.25) is 15.1 Å². The number of ether oxygens (including phenoxy) is 1. The number of rotatable bonds is 13. The third-order valence-corrected chi connectivity index (χ3v) is 10.8. The van der Waals surface area contributed by atoms with Crippen molar-refractivity contribution in [3.05, 3.63) is 90.9 Å². The van der Waals surface area contributed by atoms with E-state index in [0.29, 0.717) is 10.6 Å². The maximum absolute atomic E-state index is 14.4. The van der Waals surface area contributed by atoms with Crippen LogP contribution in [0.25, 0.3) is 0 Å². The van der Waals surface area contributed by atoms with Crippen LogP contribution in [0.3, 0.4) is 0 Å². The summed E-state index contributed by atoms with van der Waals surface area (Å²) in [5.41, 5.74) is 0.327. The van der Waals surface area contributed by atoms with E-state index in [1.165, 1.54) is 49.3 Å². The number of nitrogens with zero attached hydrogens (tertiary/aromatic N) is 3. The van der Waals surface area contributed by atoms with Crippen molar-refractivity contribution in [3.8, 4) is 5.75 Å². The minimum Gasteiger partial charge on any atom is -0.495 e. The number of nitro groups is 1. The van der Waals surface area contributed by atoms with E-state index < -0.39 is 44.0 Å². The van der Waals surface area contributed by atoms with Gasteiger partial charge in [0.2, 0.25) is 11.8 Å². The van der Waals surface area contributed by atoms with Crippen LogP contribution in [0.15, 0.2) is 59.5 Å². The van der Waals surface area contributed by atoms with Gasteiger partial charge in [-0.1, -0.05) is 66.7 Å². The summed E-state index contributed by atoms with van der Waals surface area (Å²) in [6.45, 7) is 2.35. The minimum absolute atomic E-state index is 0.0246. The van der Waals surface area contributed by atoms with Crippen LogP contribution in [0.1, 0.15) is 50.2 Å². The Balaban J connectivity index is 1.82. The van der Waals surface area contributed by atoms with Gasteiger partial charge in [0.05, 0.1) is 32.7 Å². The number of benzene rings is 3. The molecule has 2 amide bonds. The van der Waals surface area contributed by atoms with Gasteiger partial charge in [-0.3, -0.25) is 24.0 Å². The number of amides is 2. The maximum Gasteiger partial charge on any atom is 0.273 e. The highest BCUT2D eigenvalue weighted by molar-refractivity contribution is 7.92. The van der Waals surface area contributed by atoms with Crippen LogP contribution in [-0.2, 0) is 26.2 Å². The quantitative estimate of drug-likeness (QED) is 0.149. The highest BCUT2D eigenvalue weighted by atomic mass is 35.5. The summed E-state index contributed by atoms with van der Waals surface area (Å²) < 4.78 is 34.9. The molecular formula is C32H35Cl3N4O7S. The fourth-order valence-corrected chi connectivity index (χ4v) is 7.49. The molecular weight excluding hydrogens is 691 g/mol. The van der Waals surface area contributed by atoms with Crippen LogP contribution in [0.5, 0.6) is 5.75 Å². The van der Waals surface area contributed by atoms with E-state index in [1.807, 2.05) is 0 Å². The van der Waals surface area contributed by atoms with Gasteiger partial charge in [-0.05, 0) is 68.1 Å². The SMILES string of the molecule is CCC(C(=O)NC1CCCC1)N(Cc1ccc(Cl)c(Cl)c1)C(=O)CN(c1cc(Cl)ccc1OC)S(=O)(=O)c1ccc(C)c([N+](=O)[O-])c1. The number of nitrogens with one attached hydrogen (secondary N) is 1. The largest absolute Gasteiger partial charge is 0.495 e. The monoisotopic (exact) mass is 724 g/mol. The van der Waals surface area contributed by atoms with E-state index in [1.54, 1.807) is 25.1 Å². The van der Waals surface area contributed by atoms with Crippen molar-refractivity contribution in [2.24, 2.45) is 0 Å². The highest BCUT2D eigenvalue weighted by Crippen LogP contribution is 2.36. The number of halogens is 3. The van der Waals surface area contributed by atoms with Gasteiger partial charge in [0, 0.05) is 29.2 Å². The molecule has 1 fully saturated rings. The number of hydrogen-bond donors (Lipinski definition) is 1. The lowest BCUT2D eigenvalue weighted by molar-refractivity contribution is -0.385. The Bertz CT molecular complexity index is 1770. The zero-order valence-electron chi connectivity index (χ0n) is 26.0. The zero-order chi connectivity index (χ0) is 34.5. The molecule has 47 heavy (non-hydrogen) atoms. The summed E-state index contributed by atoms with van der Waals surface area (Å²) in [5.74, 6) is -1.01. The lowest BCUT2D eigenvalue weighted by Gasteiger charge is -2.34. The Kier molecular flexibility index (Phi) is 12.0. The third kappa shape index (κ3) is 8.48. The molecule has 3 aromatic rings. The summed E-state index contributed by atoms with van der Waals surface area (Å²) in [7, 11) is -3.33. The van der Waals surface area contributed by atoms with Gasteiger partial charge < -0.3 is 15.0 Å². The molecule has 4 rings (SSSR count). The van der Waals surface area contributed by atoms with E-state index >= 15 is 0 Å². The van der Waals surface area contributed by atoms with Crippen LogP contribution in [0, 0.1) is 17.0 Å². The van der Waals surface area contributed by atoms with E-state index in [4.69, 9.17) is 39.5 Å². The Hall–Kier alpha value is -3.58. The molecule has 252 valence electrons. The first kappa shape index (κ1) is 36.3. The number of anilines is 1. The second-order valence-electron chi connectivity index (χ2n) is 11.2. The molecule has 1 aliphatic rings. The number of nitro benzene ring substituents is 1. The van der Waals surface area contributed by atoms with Crippen molar-refractivity contribution in [1.29, 1.82) is 0 Å². The summed E-state index contributed by atoms with van der Waals surface area (Å²) in [4.78, 5) is 40.0. The number of carbonyl (C=O) groups is 2. The second kappa shape index (κ2) is 15.5. The van der Waals surface area contributed by atoms with Crippen molar-refractivity contribution in [2.75, 3.05) is 18.0 Å². The normalized spacial score (nSPS) is 14.0. The first-order chi connectivity index (χ1) is 22.3. The molecule has 15 heteroatoms. The van der Waals surface area contributed by atoms with E-state index in [2.05, 4.69) is 5.32 Å². The second-order valence-corrected chi connectivity index (χ2v) is 14.3. The molecule has 0 heterocycles. The fraction of sp³-hybridized carbons (Fsp3) is 0.375. The number of hydrogen-bond acceptors (Lipinski definition) is 7. The van der Waals surface area contributed by atoms with Gasteiger partial charge in [0.25, 0.3) is 15.7 Å². The van der Waals surface area contributed by atoms with E-state index in [-0.39, 0.29) is 52.0 Å². The molecule has 1 aliphatic carbocycles. The molecule has 1 unspecified atom stereocenters. The van der Waals surface area contributed by atoms with Crippen molar-refractivity contribution in [1.82, 2.24) is 10.2 Å². The predicted molar refractivity (Wildman–Crippen MR) is 182 cm³/mol. The smallest absolute Gasteiger partial charge is 0.273 e. The number of methoxy groups -OCH3 is 1. The molecule has 3 aromatic carbocycles. The lowest BCUT2D eigenvalue weighted by atomic mass is 10.1. The molecule has 1 atom stereocenters. The number of aryl methyl sites for hydroxylation is 1. The third-order valence-electron chi connectivity index (χ3n) is 8.08. The zero-order valence-corrected chi connectivity index (χ0v) is 29.1. The van der Waals surface area contributed by atoms with Gasteiger partial charge in [-0.15, -0.1) is 0 Å². The summed E-state index contributed by atoms with van der Waals surface area (Å²) >= 11 is 18.7. The molecule has 1 N–H and O–H groups in total. The molecule has 0 radical (unpaired) electrons. The van der Waals surface area contributed by atoms with Gasteiger partial charge in [-0.2, -0.15) is 0 Å². The topological polar surface area (TPSA) is 139 Å². The first-order valence-electron chi connectivity index (χ1n) is 14.9. The maximum atomic E-state index is 14.4. The summed E-state index contributed by atoms with van der Waals surface area (Å²) in [5, 5.41) is 15.5. The van der Waals surface area contributed by atoms with Gasteiger partial charge >= 0.3 is 0 Å². The Morgan fingerprint density at radius 1 is 1.04 bits per heavy atom. The summed E-state index contributed by atoms with van der Waals surface area (Å²) in [6, 6.07) is 11.6. The minimum atomic E-state index is -4.66. The molecule has 0 bridgehead atoms. The van der Waals surface area contributed by atoms with Gasteiger partial charge in [-0.25, -0.2) is 8.42 Å². The average Bonchev–Trinajstić information content (AvgIpc) is 3.54. The Morgan fingerprint density at radius 3 is 2.36 bits per heavy atom. The Labute approximate surface area is 288 Å². The molecule has 11 nitrogen and oxygen atoms in total. The van der Waals surface area contributed by atoms with Gasteiger partial charge in [0.15, 0.2) is 0 Å². The average molecular weight is 726 g/mol. The van der Waals surface area contributed by atoms with Crippen molar-refractivity contribution in [2.45, 2.75) is 69.5 Å². The van der Waals surface area contributed by atoms with Crippen LogP contribution in [0.4, 0.5) is 11.4 Å².